The van der Waals surface area contributed by atoms with E-state index in [9.17, 15) is 9.59 Å². The van der Waals surface area contributed by atoms with Crippen molar-refractivity contribution in [3.8, 4) is 10.4 Å². The van der Waals surface area contributed by atoms with Gasteiger partial charge in [-0.05, 0) is 92.3 Å². The normalized spacial score (nSPS) is 18.4. The van der Waals surface area contributed by atoms with Crippen LogP contribution in [0.15, 0.2) is 29.2 Å². The highest BCUT2D eigenvalue weighted by Gasteiger charge is 2.30. The van der Waals surface area contributed by atoms with E-state index in [-0.39, 0.29) is 23.8 Å². The Balaban J connectivity index is 1.71. The number of pyridine rings is 2. The van der Waals surface area contributed by atoms with Crippen molar-refractivity contribution >= 4 is 22.8 Å². The van der Waals surface area contributed by atoms with Crippen LogP contribution in [0, 0.1) is 6.92 Å². The van der Waals surface area contributed by atoms with Gasteiger partial charge in [0, 0.05) is 22.0 Å². The van der Waals surface area contributed by atoms with Gasteiger partial charge in [-0.25, -0.2) is 4.79 Å². The molecular formula is C24H26N2O3S. The van der Waals surface area contributed by atoms with E-state index in [0.29, 0.717) is 5.92 Å². The third-order valence-corrected chi connectivity index (χ3v) is 7.59. The standard InChI is InChI=1S/C24H26N2O3S/c1-3-29-24(28)18-11-16(14-7-8-14)22-13(2)15(9-10-26(22)23(18)27)21-12-17-19(25)5-4-6-20(17)30-21/h9-12,14,19H,3-8,25H2,1-2H3. The topological polar surface area (TPSA) is 73.8 Å². The molecule has 156 valence electrons. The van der Waals surface area contributed by atoms with Crippen LogP contribution in [0.4, 0.5) is 0 Å². The predicted molar refractivity (Wildman–Crippen MR) is 120 cm³/mol. The second kappa shape index (κ2) is 7.36. The van der Waals surface area contributed by atoms with Gasteiger partial charge in [0.2, 0.25) is 0 Å². The summed E-state index contributed by atoms with van der Waals surface area (Å²) in [5.41, 5.74) is 11.7. The third kappa shape index (κ3) is 3.10. The molecule has 6 heteroatoms. The van der Waals surface area contributed by atoms with Crippen LogP contribution in [0.2, 0.25) is 0 Å². The van der Waals surface area contributed by atoms with Crippen molar-refractivity contribution in [3.05, 3.63) is 61.9 Å². The lowest BCUT2D eigenvalue weighted by molar-refractivity contribution is 0.0524. The number of thiophene rings is 1. The molecule has 3 aromatic rings. The molecule has 1 saturated carbocycles. The van der Waals surface area contributed by atoms with Gasteiger partial charge in [0.15, 0.2) is 0 Å². The molecule has 0 spiro atoms. The Morgan fingerprint density at radius 1 is 1.27 bits per heavy atom. The molecule has 1 atom stereocenters. The van der Waals surface area contributed by atoms with E-state index < -0.39 is 5.97 Å². The summed E-state index contributed by atoms with van der Waals surface area (Å²) in [6.07, 6.45) is 7.26. The second-order valence-electron chi connectivity index (χ2n) is 8.37. The van der Waals surface area contributed by atoms with Crippen LogP contribution in [0.3, 0.4) is 0 Å². The molecular weight excluding hydrogens is 396 g/mol. The highest BCUT2D eigenvalue weighted by Crippen LogP contribution is 2.45. The highest BCUT2D eigenvalue weighted by atomic mass is 32.1. The number of hydrogen-bond acceptors (Lipinski definition) is 5. The summed E-state index contributed by atoms with van der Waals surface area (Å²) in [6, 6.07) is 6.14. The zero-order valence-electron chi connectivity index (χ0n) is 17.4. The van der Waals surface area contributed by atoms with E-state index >= 15 is 0 Å². The monoisotopic (exact) mass is 422 g/mol. The van der Waals surface area contributed by atoms with Crippen molar-refractivity contribution in [2.24, 2.45) is 5.73 Å². The number of nitrogens with two attached hydrogens (primary N) is 1. The van der Waals surface area contributed by atoms with E-state index in [2.05, 4.69) is 13.0 Å². The molecule has 0 aromatic carbocycles. The fourth-order valence-corrected chi connectivity index (χ4v) is 6.00. The van der Waals surface area contributed by atoms with Gasteiger partial charge in [0.25, 0.3) is 5.56 Å². The summed E-state index contributed by atoms with van der Waals surface area (Å²) in [5.74, 6) is -0.145. The van der Waals surface area contributed by atoms with Gasteiger partial charge in [0.1, 0.15) is 5.56 Å². The first-order valence-corrected chi connectivity index (χ1v) is 11.6. The van der Waals surface area contributed by atoms with Crippen LogP contribution >= 0.6 is 11.3 Å². The van der Waals surface area contributed by atoms with Gasteiger partial charge < -0.3 is 10.5 Å². The van der Waals surface area contributed by atoms with E-state index in [1.807, 2.05) is 23.6 Å². The van der Waals surface area contributed by atoms with Crippen LogP contribution in [0.1, 0.15) is 76.5 Å². The van der Waals surface area contributed by atoms with Crippen LogP contribution < -0.4 is 11.3 Å². The second-order valence-corrected chi connectivity index (χ2v) is 9.51. The maximum Gasteiger partial charge on any atom is 0.343 e. The van der Waals surface area contributed by atoms with E-state index in [1.165, 1.54) is 15.3 Å². The number of carbonyl (C=O) groups is 1. The van der Waals surface area contributed by atoms with Crippen LogP contribution in [-0.2, 0) is 11.2 Å². The largest absolute Gasteiger partial charge is 0.462 e. The highest BCUT2D eigenvalue weighted by molar-refractivity contribution is 7.15. The Hall–Kier alpha value is -2.44. The summed E-state index contributed by atoms with van der Waals surface area (Å²) < 4.78 is 6.77. The van der Waals surface area contributed by atoms with Gasteiger partial charge in [0.05, 0.1) is 12.1 Å². The average Bonchev–Trinajstić information content (AvgIpc) is 3.47. The average molecular weight is 423 g/mol. The van der Waals surface area contributed by atoms with Gasteiger partial charge in [-0.2, -0.15) is 0 Å². The first kappa shape index (κ1) is 19.5. The van der Waals surface area contributed by atoms with E-state index in [1.54, 1.807) is 17.4 Å². The number of rotatable bonds is 4. The van der Waals surface area contributed by atoms with Gasteiger partial charge in [-0.3, -0.25) is 9.20 Å². The predicted octanol–water partition coefficient (Wildman–Crippen LogP) is 4.73. The number of ether oxygens (including phenoxy) is 1. The number of esters is 1. The molecule has 30 heavy (non-hydrogen) atoms. The summed E-state index contributed by atoms with van der Waals surface area (Å²) >= 11 is 1.82. The van der Waals surface area contributed by atoms with Gasteiger partial charge >= 0.3 is 5.97 Å². The minimum Gasteiger partial charge on any atom is -0.462 e. The van der Waals surface area contributed by atoms with Crippen molar-refractivity contribution in [1.82, 2.24) is 4.40 Å². The minimum absolute atomic E-state index is 0.122. The number of nitrogens with zero attached hydrogens (tertiary/aromatic N) is 1. The molecule has 0 aliphatic heterocycles. The van der Waals surface area contributed by atoms with Crippen LogP contribution in [0.5, 0.6) is 0 Å². The summed E-state index contributed by atoms with van der Waals surface area (Å²) in [6.45, 7) is 4.09. The molecule has 0 saturated heterocycles. The first-order valence-electron chi connectivity index (χ1n) is 10.7. The van der Waals surface area contributed by atoms with Crippen molar-refractivity contribution in [2.45, 2.75) is 57.9 Å². The van der Waals surface area contributed by atoms with Crippen molar-refractivity contribution < 1.29 is 9.53 Å². The molecule has 0 bridgehead atoms. The van der Waals surface area contributed by atoms with Crippen molar-refractivity contribution in [1.29, 1.82) is 0 Å². The Morgan fingerprint density at radius 2 is 2.07 bits per heavy atom. The molecule has 3 heterocycles. The maximum absolute atomic E-state index is 13.1. The Morgan fingerprint density at radius 3 is 2.77 bits per heavy atom. The quantitative estimate of drug-likeness (QED) is 0.617. The van der Waals surface area contributed by atoms with Gasteiger partial charge in [-0.15, -0.1) is 11.3 Å². The maximum atomic E-state index is 13.1. The molecule has 2 aliphatic carbocycles. The molecule has 2 N–H and O–H groups in total. The lowest BCUT2D eigenvalue weighted by atomic mass is 9.93. The molecule has 2 aliphatic rings. The Bertz CT molecular complexity index is 1220. The number of aryl methyl sites for hydroxylation is 2. The van der Waals surface area contributed by atoms with E-state index in [0.717, 1.165) is 54.3 Å². The summed E-state index contributed by atoms with van der Waals surface area (Å²) in [7, 11) is 0. The summed E-state index contributed by atoms with van der Waals surface area (Å²) in [4.78, 5) is 28.1. The van der Waals surface area contributed by atoms with Crippen molar-refractivity contribution in [2.75, 3.05) is 6.61 Å². The molecule has 5 rings (SSSR count). The van der Waals surface area contributed by atoms with Crippen LogP contribution in [-0.4, -0.2) is 17.0 Å². The Labute approximate surface area is 179 Å². The van der Waals surface area contributed by atoms with Crippen molar-refractivity contribution in [3.63, 3.8) is 0 Å². The summed E-state index contributed by atoms with van der Waals surface area (Å²) in [5, 5.41) is 0. The zero-order chi connectivity index (χ0) is 21.0. The molecule has 1 fully saturated rings. The number of hydrogen-bond donors (Lipinski definition) is 1. The zero-order valence-corrected chi connectivity index (χ0v) is 18.2. The molecule has 5 nitrogen and oxygen atoms in total. The fraction of sp³-hybridized carbons (Fsp3) is 0.417. The lowest BCUT2D eigenvalue weighted by Gasteiger charge is -2.17. The molecule has 0 amide bonds. The van der Waals surface area contributed by atoms with E-state index in [4.69, 9.17) is 10.5 Å². The number of carbonyl (C=O) groups excluding carboxylic acids is 1. The van der Waals surface area contributed by atoms with Crippen LogP contribution in [0.25, 0.3) is 16.0 Å². The SMILES string of the molecule is CCOC(=O)c1cc(C2CC2)c2c(C)c(-c3cc4c(s3)CCCC4N)ccn2c1=O. The third-order valence-electron chi connectivity index (χ3n) is 6.35. The van der Waals surface area contributed by atoms with Gasteiger partial charge in [-0.1, -0.05) is 0 Å². The number of aromatic nitrogens is 1. The molecule has 0 radical (unpaired) electrons. The number of fused-ring (bicyclic) bond motifs is 2. The minimum atomic E-state index is -0.541. The Kier molecular flexibility index (Phi) is 4.79. The fourth-order valence-electron chi connectivity index (χ4n) is 4.65. The molecule has 1 unspecified atom stereocenters. The first-order chi connectivity index (χ1) is 14.5. The molecule has 3 aromatic heterocycles. The smallest absolute Gasteiger partial charge is 0.343 e. The lowest BCUT2D eigenvalue weighted by Crippen LogP contribution is -2.25.